The second-order valence-electron chi connectivity index (χ2n) is 5.11. The minimum absolute atomic E-state index is 0.547. The first-order chi connectivity index (χ1) is 10.0. The summed E-state index contributed by atoms with van der Waals surface area (Å²) in [5, 5.41) is 5.24. The molecule has 0 aliphatic carbocycles. The molecule has 0 heterocycles. The Morgan fingerprint density at radius 3 is 2.48 bits per heavy atom. The van der Waals surface area contributed by atoms with Crippen molar-refractivity contribution in [1.82, 2.24) is 5.32 Å². The molecule has 0 bridgehead atoms. The van der Waals surface area contributed by atoms with Crippen molar-refractivity contribution >= 4 is 33.4 Å². The van der Waals surface area contributed by atoms with Gasteiger partial charge in [-0.2, -0.15) is 0 Å². The number of aryl methyl sites for hydroxylation is 1. The molecule has 0 aliphatic rings. The van der Waals surface area contributed by atoms with Crippen LogP contribution in [0.3, 0.4) is 0 Å². The summed E-state index contributed by atoms with van der Waals surface area (Å²) in [5.74, 6) is -1.22. The van der Waals surface area contributed by atoms with Crippen molar-refractivity contribution in [3.05, 3.63) is 28.2 Å². The van der Waals surface area contributed by atoms with Crippen molar-refractivity contribution in [2.24, 2.45) is 0 Å². The Morgan fingerprint density at radius 2 is 1.81 bits per heavy atom. The number of benzene rings is 1. The predicted octanol–water partition coefficient (Wildman–Crippen LogP) is 3.78. The maximum atomic E-state index is 11.8. The predicted molar refractivity (Wildman–Crippen MR) is 89.3 cm³/mol. The topological polar surface area (TPSA) is 58.2 Å². The zero-order valence-electron chi connectivity index (χ0n) is 12.7. The summed E-state index contributed by atoms with van der Waals surface area (Å²) in [4.78, 5) is 23.4. The summed E-state index contributed by atoms with van der Waals surface area (Å²) in [6, 6.07) is 5.54. The van der Waals surface area contributed by atoms with Gasteiger partial charge in [0.25, 0.3) is 0 Å². The Bertz CT molecular complexity index is 489. The van der Waals surface area contributed by atoms with Crippen LogP contribution in [0.25, 0.3) is 0 Å². The van der Waals surface area contributed by atoms with Crippen LogP contribution in [0.15, 0.2) is 22.7 Å². The van der Waals surface area contributed by atoms with Crippen LogP contribution in [-0.4, -0.2) is 18.4 Å². The molecule has 4 nitrogen and oxygen atoms in total. The van der Waals surface area contributed by atoms with Gasteiger partial charge in [-0.15, -0.1) is 0 Å². The Kier molecular flexibility index (Phi) is 8.05. The molecule has 116 valence electrons. The third kappa shape index (κ3) is 6.76. The van der Waals surface area contributed by atoms with E-state index in [-0.39, 0.29) is 0 Å². The van der Waals surface area contributed by atoms with Crippen LogP contribution in [0.1, 0.15) is 44.6 Å². The fourth-order valence-corrected chi connectivity index (χ4v) is 2.50. The molecule has 2 N–H and O–H groups in total. The summed E-state index contributed by atoms with van der Waals surface area (Å²) >= 11 is 3.37. The lowest BCUT2D eigenvalue weighted by molar-refractivity contribution is -0.136. The molecule has 1 aromatic rings. The first-order valence-corrected chi connectivity index (χ1v) is 8.19. The van der Waals surface area contributed by atoms with Gasteiger partial charge in [0, 0.05) is 11.0 Å². The van der Waals surface area contributed by atoms with E-state index in [1.165, 1.54) is 19.3 Å². The average Bonchev–Trinajstić information content (AvgIpc) is 2.45. The van der Waals surface area contributed by atoms with Gasteiger partial charge in [-0.05, 0) is 47.0 Å². The molecule has 0 atom stereocenters. The van der Waals surface area contributed by atoms with Gasteiger partial charge in [-0.1, -0.05) is 38.7 Å². The molecule has 0 fully saturated rings. The van der Waals surface area contributed by atoms with E-state index in [1.54, 1.807) is 6.07 Å². The van der Waals surface area contributed by atoms with Gasteiger partial charge in [0.15, 0.2) is 0 Å². The van der Waals surface area contributed by atoms with Gasteiger partial charge in [-0.25, -0.2) is 0 Å². The molecule has 1 aromatic carbocycles. The standard InChI is InChI=1S/C16H23BrN2O2/c1-3-4-5-6-7-10-18-15(20)16(21)19-14-9-8-12(2)11-13(14)17/h8-9,11H,3-7,10H2,1-2H3,(H,18,20)(H,19,21). The average molecular weight is 355 g/mol. The van der Waals surface area contributed by atoms with Crippen molar-refractivity contribution in [2.75, 3.05) is 11.9 Å². The zero-order valence-corrected chi connectivity index (χ0v) is 14.3. The van der Waals surface area contributed by atoms with Crippen LogP contribution in [0.4, 0.5) is 5.69 Å². The van der Waals surface area contributed by atoms with Crippen LogP contribution >= 0.6 is 15.9 Å². The Morgan fingerprint density at radius 1 is 1.10 bits per heavy atom. The highest BCUT2D eigenvalue weighted by Gasteiger charge is 2.14. The smallest absolute Gasteiger partial charge is 0.313 e. The highest BCUT2D eigenvalue weighted by Crippen LogP contribution is 2.23. The molecular formula is C16H23BrN2O2. The lowest BCUT2D eigenvalue weighted by Crippen LogP contribution is -2.35. The lowest BCUT2D eigenvalue weighted by atomic mass is 10.1. The molecule has 5 heteroatoms. The number of carbonyl (C=O) groups excluding carboxylic acids is 2. The fourth-order valence-electron chi connectivity index (χ4n) is 1.91. The van der Waals surface area contributed by atoms with Gasteiger partial charge < -0.3 is 10.6 Å². The molecule has 0 saturated carbocycles. The van der Waals surface area contributed by atoms with E-state index in [0.717, 1.165) is 22.9 Å². The van der Waals surface area contributed by atoms with Crippen LogP contribution in [0.2, 0.25) is 0 Å². The minimum atomic E-state index is -0.631. The molecule has 2 amide bonds. The lowest BCUT2D eigenvalue weighted by Gasteiger charge is -2.08. The third-order valence-electron chi connectivity index (χ3n) is 3.14. The van der Waals surface area contributed by atoms with Crippen molar-refractivity contribution in [1.29, 1.82) is 0 Å². The van der Waals surface area contributed by atoms with Crippen LogP contribution < -0.4 is 10.6 Å². The maximum absolute atomic E-state index is 11.8. The summed E-state index contributed by atoms with van der Waals surface area (Å²) in [6.45, 7) is 4.67. The van der Waals surface area contributed by atoms with E-state index in [1.807, 2.05) is 19.1 Å². The summed E-state index contributed by atoms with van der Waals surface area (Å²) in [5.41, 5.74) is 1.68. The molecule has 1 rings (SSSR count). The second-order valence-corrected chi connectivity index (χ2v) is 5.96. The molecule has 21 heavy (non-hydrogen) atoms. The number of anilines is 1. The van der Waals surface area contributed by atoms with Gasteiger partial charge in [0.05, 0.1) is 5.69 Å². The van der Waals surface area contributed by atoms with Crippen molar-refractivity contribution in [3.8, 4) is 0 Å². The first kappa shape index (κ1) is 17.7. The van der Waals surface area contributed by atoms with E-state index in [0.29, 0.717) is 12.2 Å². The Hall–Kier alpha value is -1.36. The molecule has 0 saturated heterocycles. The first-order valence-electron chi connectivity index (χ1n) is 7.40. The molecule has 0 aromatic heterocycles. The van der Waals surface area contributed by atoms with Gasteiger partial charge in [-0.3, -0.25) is 9.59 Å². The van der Waals surface area contributed by atoms with Gasteiger partial charge >= 0.3 is 11.8 Å². The highest BCUT2D eigenvalue weighted by atomic mass is 79.9. The number of halogens is 1. The summed E-state index contributed by atoms with van der Waals surface area (Å²) in [6.07, 6.45) is 5.58. The van der Waals surface area contributed by atoms with E-state index < -0.39 is 11.8 Å². The normalized spacial score (nSPS) is 10.2. The van der Waals surface area contributed by atoms with Crippen molar-refractivity contribution in [2.45, 2.75) is 46.0 Å². The van der Waals surface area contributed by atoms with E-state index >= 15 is 0 Å². The van der Waals surface area contributed by atoms with E-state index in [9.17, 15) is 9.59 Å². The SMILES string of the molecule is CCCCCCCNC(=O)C(=O)Nc1ccc(C)cc1Br. The molecule has 0 unspecified atom stereocenters. The number of unbranched alkanes of at least 4 members (excludes halogenated alkanes) is 4. The largest absolute Gasteiger partial charge is 0.348 e. The minimum Gasteiger partial charge on any atom is -0.348 e. The van der Waals surface area contributed by atoms with Crippen LogP contribution in [0, 0.1) is 6.92 Å². The van der Waals surface area contributed by atoms with Crippen molar-refractivity contribution in [3.63, 3.8) is 0 Å². The van der Waals surface area contributed by atoms with Crippen molar-refractivity contribution < 1.29 is 9.59 Å². The van der Waals surface area contributed by atoms with Gasteiger partial charge in [0.2, 0.25) is 0 Å². The monoisotopic (exact) mass is 354 g/mol. The number of hydrogen-bond donors (Lipinski definition) is 2. The third-order valence-corrected chi connectivity index (χ3v) is 3.80. The number of nitrogens with one attached hydrogen (secondary N) is 2. The maximum Gasteiger partial charge on any atom is 0.313 e. The highest BCUT2D eigenvalue weighted by molar-refractivity contribution is 9.10. The molecule has 0 aliphatic heterocycles. The number of carbonyl (C=O) groups is 2. The summed E-state index contributed by atoms with van der Waals surface area (Å²) < 4.78 is 0.767. The number of amides is 2. The molecule has 0 radical (unpaired) electrons. The van der Waals surface area contributed by atoms with E-state index in [2.05, 4.69) is 33.5 Å². The molecular weight excluding hydrogens is 332 g/mol. The summed E-state index contributed by atoms with van der Waals surface area (Å²) in [7, 11) is 0. The Balaban J connectivity index is 2.32. The molecule has 0 spiro atoms. The van der Waals surface area contributed by atoms with Gasteiger partial charge in [0.1, 0.15) is 0 Å². The second kappa shape index (κ2) is 9.55. The Labute approximate surface area is 134 Å². The number of rotatable bonds is 7. The van der Waals surface area contributed by atoms with Crippen LogP contribution in [0.5, 0.6) is 0 Å². The quantitative estimate of drug-likeness (QED) is 0.578. The van der Waals surface area contributed by atoms with E-state index in [4.69, 9.17) is 0 Å². The fraction of sp³-hybridized carbons (Fsp3) is 0.500. The zero-order chi connectivity index (χ0) is 15.7. The number of hydrogen-bond acceptors (Lipinski definition) is 2. The van der Waals surface area contributed by atoms with Crippen LogP contribution in [-0.2, 0) is 9.59 Å².